The number of hydrogen-bond donors (Lipinski definition) is 2. The van der Waals surface area contributed by atoms with Gasteiger partial charge in [-0.05, 0) is 57.2 Å². The van der Waals surface area contributed by atoms with E-state index in [4.69, 9.17) is 0 Å². The predicted molar refractivity (Wildman–Crippen MR) is 109 cm³/mol. The molecule has 7 nitrogen and oxygen atoms in total. The van der Waals surface area contributed by atoms with E-state index in [-0.39, 0.29) is 0 Å². The van der Waals surface area contributed by atoms with Crippen molar-refractivity contribution in [3.8, 4) is 0 Å². The summed E-state index contributed by atoms with van der Waals surface area (Å²) in [4.78, 5) is 16.0. The summed E-state index contributed by atoms with van der Waals surface area (Å²) in [6, 6.07) is 8.18. The van der Waals surface area contributed by atoms with Gasteiger partial charge >= 0.3 is 0 Å². The Balaban J connectivity index is 1.40. The Kier molecular flexibility index (Phi) is 5.62. The van der Waals surface area contributed by atoms with Crippen molar-refractivity contribution in [2.75, 3.05) is 18.4 Å². The molecule has 1 saturated heterocycles. The summed E-state index contributed by atoms with van der Waals surface area (Å²) in [5.41, 5.74) is 3.39. The van der Waals surface area contributed by atoms with E-state index in [1.165, 1.54) is 18.4 Å². The lowest BCUT2D eigenvalue weighted by molar-refractivity contribution is 0.166. The molecule has 3 aromatic rings. The molecule has 0 radical (unpaired) electrons. The molecule has 1 aliphatic heterocycles. The Bertz CT molecular complexity index is 906. The van der Waals surface area contributed by atoms with Crippen molar-refractivity contribution >= 4 is 11.6 Å². The minimum Gasteiger partial charge on any atom is -0.323 e. The van der Waals surface area contributed by atoms with Crippen LogP contribution in [-0.4, -0.2) is 43.1 Å². The van der Waals surface area contributed by atoms with Crippen LogP contribution in [0.2, 0.25) is 0 Å². The first kappa shape index (κ1) is 18.6. The molecule has 0 amide bonds. The van der Waals surface area contributed by atoms with Gasteiger partial charge in [-0.15, -0.1) is 0 Å². The molecular formula is C21H27N7. The predicted octanol–water partition coefficient (Wildman–Crippen LogP) is 3.41. The molecule has 1 fully saturated rings. The molecule has 0 spiro atoms. The van der Waals surface area contributed by atoms with Crippen molar-refractivity contribution in [3.05, 3.63) is 59.4 Å². The molecule has 1 aliphatic rings. The average molecular weight is 377 g/mol. The zero-order valence-electron chi connectivity index (χ0n) is 16.5. The lowest BCUT2D eigenvalue weighted by atomic mass is 9.93. The SMILES string of the molecule is Cc1nc(C[C@H]2CCCN(Cc3cccnc3)C2)cc(Nc2cc(C)[nH]n2)n1. The van der Waals surface area contributed by atoms with Gasteiger partial charge < -0.3 is 5.32 Å². The molecule has 7 heteroatoms. The van der Waals surface area contributed by atoms with Crippen LogP contribution in [0, 0.1) is 19.8 Å². The van der Waals surface area contributed by atoms with E-state index in [2.05, 4.69) is 47.5 Å². The number of hydrogen-bond acceptors (Lipinski definition) is 6. The number of rotatable bonds is 6. The van der Waals surface area contributed by atoms with Gasteiger partial charge in [-0.1, -0.05) is 6.07 Å². The number of likely N-dealkylation sites (tertiary alicyclic amines) is 1. The van der Waals surface area contributed by atoms with E-state index in [9.17, 15) is 0 Å². The van der Waals surface area contributed by atoms with Crippen molar-refractivity contribution in [1.82, 2.24) is 30.0 Å². The van der Waals surface area contributed by atoms with Crippen LogP contribution in [-0.2, 0) is 13.0 Å². The second kappa shape index (κ2) is 8.48. The molecule has 1 atom stereocenters. The number of aromatic nitrogens is 5. The molecule has 0 saturated carbocycles. The smallest absolute Gasteiger partial charge is 0.153 e. The number of aryl methyl sites for hydroxylation is 2. The van der Waals surface area contributed by atoms with Gasteiger partial charge in [0.1, 0.15) is 11.6 Å². The summed E-state index contributed by atoms with van der Waals surface area (Å²) in [6.45, 7) is 7.15. The second-order valence-electron chi connectivity index (χ2n) is 7.66. The third-order valence-electron chi connectivity index (χ3n) is 5.08. The molecule has 0 aliphatic carbocycles. The molecule has 146 valence electrons. The van der Waals surface area contributed by atoms with E-state index >= 15 is 0 Å². The summed E-state index contributed by atoms with van der Waals surface area (Å²) < 4.78 is 0. The number of nitrogens with zero attached hydrogens (tertiary/aromatic N) is 5. The number of nitrogens with one attached hydrogen (secondary N) is 2. The highest BCUT2D eigenvalue weighted by atomic mass is 15.2. The monoisotopic (exact) mass is 377 g/mol. The summed E-state index contributed by atoms with van der Waals surface area (Å²) in [5.74, 6) is 2.98. The van der Waals surface area contributed by atoms with Crippen molar-refractivity contribution < 1.29 is 0 Å². The maximum atomic E-state index is 4.68. The Hall–Kier alpha value is -2.80. The second-order valence-corrected chi connectivity index (χ2v) is 7.66. The van der Waals surface area contributed by atoms with E-state index in [0.717, 1.165) is 54.9 Å². The molecule has 28 heavy (non-hydrogen) atoms. The van der Waals surface area contributed by atoms with Crippen molar-refractivity contribution in [1.29, 1.82) is 0 Å². The minimum atomic E-state index is 0.611. The van der Waals surface area contributed by atoms with Crippen LogP contribution in [0.4, 0.5) is 11.6 Å². The summed E-state index contributed by atoms with van der Waals surface area (Å²) in [5, 5.41) is 10.4. The average Bonchev–Trinajstić information content (AvgIpc) is 3.07. The van der Waals surface area contributed by atoms with Crippen LogP contribution in [0.25, 0.3) is 0 Å². The number of piperidine rings is 1. The number of aromatic amines is 1. The van der Waals surface area contributed by atoms with E-state index < -0.39 is 0 Å². The molecule has 4 heterocycles. The Morgan fingerprint density at radius 2 is 2.14 bits per heavy atom. The first-order chi connectivity index (χ1) is 13.6. The van der Waals surface area contributed by atoms with Gasteiger partial charge in [0.25, 0.3) is 0 Å². The summed E-state index contributed by atoms with van der Waals surface area (Å²) in [6.07, 6.45) is 7.24. The van der Waals surface area contributed by atoms with Crippen LogP contribution in [0.15, 0.2) is 36.7 Å². The zero-order valence-corrected chi connectivity index (χ0v) is 16.5. The van der Waals surface area contributed by atoms with E-state index in [0.29, 0.717) is 5.92 Å². The molecule has 0 aromatic carbocycles. The van der Waals surface area contributed by atoms with Crippen molar-refractivity contribution in [3.63, 3.8) is 0 Å². The van der Waals surface area contributed by atoms with Crippen LogP contribution in [0.1, 0.15) is 35.6 Å². The largest absolute Gasteiger partial charge is 0.323 e. The van der Waals surface area contributed by atoms with Gasteiger partial charge in [-0.2, -0.15) is 5.10 Å². The maximum absolute atomic E-state index is 4.68. The first-order valence-electron chi connectivity index (χ1n) is 9.89. The molecule has 0 unspecified atom stereocenters. The minimum absolute atomic E-state index is 0.611. The quantitative estimate of drug-likeness (QED) is 0.685. The van der Waals surface area contributed by atoms with Gasteiger partial charge in [0.15, 0.2) is 5.82 Å². The van der Waals surface area contributed by atoms with Gasteiger partial charge in [0, 0.05) is 49.0 Å². The Morgan fingerprint density at radius 1 is 1.21 bits per heavy atom. The fourth-order valence-electron chi connectivity index (χ4n) is 3.92. The molecule has 3 aromatic heterocycles. The number of anilines is 2. The first-order valence-corrected chi connectivity index (χ1v) is 9.89. The highest BCUT2D eigenvalue weighted by Crippen LogP contribution is 2.23. The zero-order chi connectivity index (χ0) is 19.3. The fraction of sp³-hybridized carbons (Fsp3) is 0.429. The Morgan fingerprint density at radius 3 is 2.93 bits per heavy atom. The lowest BCUT2D eigenvalue weighted by Gasteiger charge is -2.32. The molecule has 0 bridgehead atoms. The summed E-state index contributed by atoms with van der Waals surface area (Å²) >= 11 is 0. The lowest BCUT2D eigenvalue weighted by Crippen LogP contribution is -2.35. The number of pyridine rings is 1. The molecule has 4 rings (SSSR count). The van der Waals surface area contributed by atoms with Crippen LogP contribution < -0.4 is 5.32 Å². The molecule has 2 N–H and O–H groups in total. The van der Waals surface area contributed by atoms with E-state index in [1.807, 2.05) is 38.4 Å². The summed E-state index contributed by atoms with van der Waals surface area (Å²) in [7, 11) is 0. The number of H-pyrrole nitrogens is 1. The van der Waals surface area contributed by atoms with Gasteiger partial charge in [-0.25, -0.2) is 9.97 Å². The maximum Gasteiger partial charge on any atom is 0.153 e. The molecular weight excluding hydrogens is 350 g/mol. The Labute approximate surface area is 165 Å². The van der Waals surface area contributed by atoms with Crippen LogP contribution in [0.3, 0.4) is 0 Å². The van der Waals surface area contributed by atoms with Crippen LogP contribution in [0.5, 0.6) is 0 Å². The van der Waals surface area contributed by atoms with Gasteiger partial charge in [0.05, 0.1) is 0 Å². The van der Waals surface area contributed by atoms with Crippen molar-refractivity contribution in [2.24, 2.45) is 5.92 Å². The highest BCUT2D eigenvalue weighted by molar-refractivity contribution is 5.52. The highest BCUT2D eigenvalue weighted by Gasteiger charge is 2.21. The third kappa shape index (κ3) is 4.92. The third-order valence-corrected chi connectivity index (χ3v) is 5.08. The van der Waals surface area contributed by atoms with Crippen molar-refractivity contribution in [2.45, 2.75) is 39.7 Å². The standard InChI is InChI=1S/C21H27N7/c1-15-9-21(27-26-15)25-20-11-19(23-16(2)24-20)10-17-6-4-8-28(13-17)14-18-5-3-7-22-12-18/h3,5,7,9,11-12,17H,4,6,8,10,13-14H2,1-2H3,(H2,23,24,25,26,27)/t17-/m1/s1. The fourth-order valence-corrected chi connectivity index (χ4v) is 3.92. The van der Waals surface area contributed by atoms with Crippen LogP contribution >= 0.6 is 0 Å². The van der Waals surface area contributed by atoms with Gasteiger partial charge in [-0.3, -0.25) is 15.0 Å². The normalized spacial score (nSPS) is 17.6. The van der Waals surface area contributed by atoms with Gasteiger partial charge in [0.2, 0.25) is 0 Å². The van der Waals surface area contributed by atoms with E-state index in [1.54, 1.807) is 0 Å². The topological polar surface area (TPSA) is 82.6 Å².